The zero-order chi connectivity index (χ0) is 15.5. The normalized spacial score (nSPS) is 13.8. The van der Waals surface area contributed by atoms with E-state index in [1.807, 2.05) is 0 Å². The lowest BCUT2D eigenvalue weighted by Crippen LogP contribution is -2.56. The summed E-state index contributed by atoms with van der Waals surface area (Å²) in [7, 11) is 0. The molecule has 0 heterocycles. The van der Waals surface area contributed by atoms with Gasteiger partial charge in [0.05, 0.1) is 0 Å². The van der Waals surface area contributed by atoms with Crippen molar-refractivity contribution >= 4 is 10.8 Å². The molecule has 0 radical (unpaired) electrons. The number of nitrogens with two attached hydrogens (primary N) is 1. The van der Waals surface area contributed by atoms with E-state index < -0.39 is 0 Å². The van der Waals surface area contributed by atoms with Crippen LogP contribution in [0.15, 0.2) is 42.5 Å². The van der Waals surface area contributed by atoms with Crippen molar-refractivity contribution in [3.63, 3.8) is 0 Å². The van der Waals surface area contributed by atoms with Crippen LogP contribution >= 0.6 is 0 Å². The van der Waals surface area contributed by atoms with Crippen LogP contribution in [-0.4, -0.2) is 29.6 Å². The molecule has 2 aromatic carbocycles. The predicted molar refractivity (Wildman–Crippen MR) is 92.6 cm³/mol. The second kappa shape index (κ2) is 6.59. The fraction of sp³-hybridized carbons (Fsp3) is 0.474. The fourth-order valence-electron chi connectivity index (χ4n) is 3.23. The summed E-state index contributed by atoms with van der Waals surface area (Å²) in [6.07, 6.45) is 0.908. The predicted octanol–water partition coefficient (Wildman–Crippen LogP) is 3.83. The SMILES string of the molecule is CCN(CC)C(C)(C)C(N)Cc1cccc2ccccc12. The zero-order valence-electron chi connectivity index (χ0n) is 13.8. The molecule has 114 valence electrons. The molecule has 0 spiro atoms. The van der Waals surface area contributed by atoms with Crippen LogP contribution in [-0.2, 0) is 6.42 Å². The van der Waals surface area contributed by atoms with E-state index >= 15 is 0 Å². The minimum Gasteiger partial charge on any atom is -0.326 e. The van der Waals surface area contributed by atoms with Gasteiger partial charge in [-0.15, -0.1) is 0 Å². The van der Waals surface area contributed by atoms with E-state index in [-0.39, 0.29) is 11.6 Å². The first-order valence-electron chi connectivity index (χ1n) is 7.98. The molecule has 2 nitrogen and oxygen atoms in total. The van der Waals surface area contributed by atoms with E-state index in [4.69, 9.17) is 5.73 Å². The van der Waals surface area contributed by atoms with Crippen LogP contribution in [0.4, 0.5) is 0 Å². The molecule has 2 rings (SSSR count). The van der Waals surface area contributed by atoms with Gasteiger partial charge in [0.15, 0.2) is 0 Å². The summed E-state index contributed by atoms with van der Waals surface area (Å²) in [4.78, 5) is 2.45. The van der Waals surface area contributed by atoms with Crippen molar-refractivity contribution in [2.45, 2.75) is 45.7 Å². The molecule has 0 amide bonds. The van der Waals surface area contributed by atoms with E-state index in [1.165, 1.54) is 16.3 Å². The van der Waals surface area contributed by atoms with E-state index in [0.29, 0.717) is 0 Å². The van der Waals surface area contributed by atoms with Gasteiger partial charge in [-0.05, 0) is 49.7 Å². The van der Waals surface area contributed by atoms with E-state index in [9.17, 15) is 0 Å². The van der Waals surface area contributed by atoms with Gasteiger partial charge < -0.3 is 5.73 Å². The third-order valence-corrected chi connectivity index (χ3v) is 4.81. The summed E-state index contributed by atoms with van der Waals surface area (Å²) in [5.74, 6) is 0. The summed E-state index contributed by atoms with van der Waals surface area (Å²) >= 11 is 0. The molecule has 2 aromatic rings. The third kappa shape index (κ3) is 3.28. The Bertz CT molecular complexity index is 580. The summed E-state index contributed by atoms with van der Waals surface area (Å²) in [5, 5.41) is 2.62. The molecule has 0 bridgehead atoms. The Kier molecular flexibility index (Phi) is 5.02. The van der Waals surface area contributed by atoms with Gasteiger partial charge in [0.2, 0.25) is 0 Å². The Hall–Kier alpha value is -1.38. The van der Waals surface area contributed by atoms with Crippen LogP contribution in [0, 0.1) is 0 Å². The van der Waals surface area contributed by atoms with Crippen LogP contribution in [0.2, 0.25) is 0 Å². The van der Waals surface area contributed by atoms with Crippen molar-refractivity contribution in [3.8, 4) is 0 Å². The molecule has 2 N–H and O–H groups in total. The average Bonchev–Trinajstić information content (AvgIpc) is 2.48. The Balaban J connectivity index is 2.27. The van der Waals surface area contributed by atoms with E-state index in [2.05, 4.69) is 75.1 Å². The Morgan fingerprint density at radius 1 is 1.00 bits per heavy atom. The van der Waals surface area contributed by atoms with Crippen molar-refractivity contribution in [3.05, 3.63) is 48.0 Å². The monoisotopic (exact) mass is 284 g/mol. The molecule has 1 unspecified atom stereocenters. The standard InChI is InChI=1S/C19H28N2/c1-5-21(6-2)19(3,4)18(20)14-16-12-9-11-15-10-7-8-13-17(15)16/h7-13,18H,5-6,14,20H2,1-4H3. The van der Waals surface area contributed by atoms with Crippen LogP contribution in [0.25, 0.3) is 10.8 Å². The molecular weight excluding hydrogens is 256 g/mol. The zero-order valence-corrected chi connectivity index (χ0v) is 13.8. The maximum atomic E-state index is 6.58. The number of rotatable bonds is 6. The second-order valence-corrected chi connectivity index (χ2v) is 6.27. The van der Waals surface area contributed by atoms with Crippen molar-refractivity contribution in [1.82, 2.24) is 4.90 Å². The molecule has 21 heavy (non-hydrogen) atoms. The summed E-state index contributed by atoms with van der Waals surface area (Å²) in [5.41, 5.74) is 7.93. The molecule has 0 saturated heterocycles. The Morgan fingerprint density at radius 3 is 2.29 bits per heavy atom. The number of fused-ring (bicyclic) bond motifs is 1. The Morgan fingerprint density at radius 2 is 1.62 bits per heavy atom. The van der Waals surface area contributed by atoms with Crippen molar-refractivity contribution in [2.24, 2.45) is 5.73 Å². The highest BCUT2D eigenvalue weighted by Gasteiger charge is 2.31. The maximum Gasteiger partial charge on any atom is 0.0307 e. The molecule has 0 aliphatic rings. The fourth-order valence-corrected chi connectivity index (χ4v) is 3.23. The number of likely N-dealkylation sites (N-methyl/N-ethyl adjacent to an activating group) is 1. The van der Waals surface area contributed by atoms with Gasteiger partial charge in [0.25, 0.3) is 0 Å². The molecule has 0 aliphatic carbocycles. The highest BCUT2D eigenvalue weighted by molar-refractivity contribution is 5.85. The molecule has 0 aromatic heterocycles. The lowest BCUT2D eigenvalue weighted by molar-refractivity contribution is 0.107. The molecule has 0 saturated carbocycles. The number of nitrogens with zero attached hydrogens (tertiary/aromatic N) is 1. The van der Waals surface area contributed by atoms with E-state index in [1.54, 1.807) is 0 Å². The van der Waals surface area contributed by atoms with Gasteiger partial charge in [0.1, 0.15) is 0 Å². The molecule has 2 heteroatoms. The first-order valence-corrected chi connectivity index (χ1v) is 7.98. The smallest absolute Gasteiger partial charge is 0.0307 e. The summed E-state index contributed by atoms with van der Waals surface area (Å²) < 4.78 is 0. The molecule has 0 aliphatic heterocycles. The minimum absolute atomic E-state index is 0.000442. The van der Waals surface area contributed by atoms with Gasteiger partial charge >= 0.3 is 0 Å². The van der Waals surface area contributed by atoms with Crippen molar-refractivity contribution in [2.75, 3.05) is 13.1 Å². The first kappa shape index (κ1) is 16.0. The van der Waals surface area contributed by atoms with Crippen molar-refractivity contribution < 1.29 is 0 Å². The Labute approximate surface area is 128 Å². The highest BCUT2D eigenvalue weighted by Crippen LogP contribution is 2.24. The van der Waals surface area contributed by atoms with Gasteiger partial charge in [-0.25, -0.2) is 0 Å². The molecular formula is C19H28N2. The third-order valence-electron chi connectivity index (χ3n) is 4.81. The lowest BCUT2D eigenvalue weighted by Gasteiger charge is -2.42. The van der Waals surface area contributed by atoms with Gasteiger partial charge in [0, 0.05) is 11.6 Å². The number of hydrogen-bond acceptors (Lipinski definition) is 2. The first-order chi connectivity index (χ1) is 10.0. The van der Waals surface area contributed by atoms with Crippen LogP contribution in [0.3, 0.4) is 0 Å². The summed E-state index contributed by atoms with van der Waals surface area (Å²) in [6.45, 7) is 11.0. The minimum atomic E-state index is 0.000442. The van der Waals surface area contributed by atoms with Crippen LogP contribution < -0.4 is 5.73 Å². The van der Waals surface area contributed by atoms with Crippen LogP contribution in [0.5, 0.6) is 0 Å². The average molecular weight is 284 g/mol. The van der Waals surface area contributed by atoms with Gasteiger partial charge in [-0.2, -0.15) is 0 Å². The molecule has 1 atom stereocenters. The summed E-state index contributed by atoms with van der Waals surface area (Å²) in [6, 6.07) is 15.2. The topological polar surface area (TPSA) is 29.3 Å². The van der Waals surface area contributed by atoms with Crippen LogP contribution in [0.1, 0.15) is 33.3 Å². The second-order valence-electron chi connectivity index (χ2n) is 6.27. The van der Waals surface area contributed by atoms with Gasteiger partial charge in [-0.1, -0.05) is 56.3 Å². The quantitative estimate of drug-likeness (QED) is 0.873. The van der Waals surface area contributed by atoms with Crippen molar-refractivity contribution in [1.29, 1.82) is 0 Å². The number of benzene rings is 2. The van der Waals surface area contributed by atoms with E-state index in [0.717, 1.165) is 19.5 Å². The maximum absolute atomic E-state index is 6.58. The number of hydrogen-bond donors (Lipinski definition) is 1. The molecule has 0 fully saturated rings. The van der Waals surface area contributed by atoms with Gasteiger partial charge in [-0.3, -0.25) is 4.90 Å². The lowest BCUT2D eigenvalue weighted by atomic mass is 9.87. The highest BCUT2D eigenvalue weighted by atomic mass is 15.2. The largest absolute Gasteiger partial charge is 0.326 e.